The van der Waals surface area contributed by atoms with Crippen LogP contribution < -0.4 is 15.0 Å². The molecule has 2 aliphatic heterocycles. The van der Waals surface area contributed by atoms with Crippen LogP contribution in [0.15, 0.2) is 36.4 Å². The predicted octanol–water partition coefficient (Wildman–Crippen LogP) is 4.19. The summed E-state index contributed by atoms with van der Waals surface area (Å²) in [5.41, 5.74) is 4.23. The van der Waals surface area contributed by atoms with E-state index in [1.165, 1.54) is 24.1 Å². The van der Waals surface area contributed by atoms with Crippen LogP contribution in [0.25, 0.3) is 0 Å². The zero-order valence-corrected chi connectivity index (χ0v) is 15.0. The maximum atomic E-state index is 12.5. The first-order valence-electron chi connectivity index (χ1n) is 8.72. The number of halogens is 1. The largest absolute Gasteiger partial charge is 0.480 e. The Bertz CT molecular complexity index is 815. The van der Waals surface area contributed by atoms with Crippen LogP contribution in [0, 0.1) is 6.92 Å². The molecule has 1 unspecified atom stereocenters. The highest BCUT2D eigenvalue weighted by molar-refractivity contribution is 6.30. The summed E-state index contributed by atoms with van der Waals surface area (Å²) in [5, 5.41) is 3.64. The van der Waals surface area contributed by atoms with E-state index in [1.54, 1.807) is 6.07 Å². The summed E-state index contributed by atoms with van der Waals surface area (Å²) in [7, 11) is 0. The maximum Gasteiger partial charge on any atom is 0.265 e. The van der Waals surface area contributed by atoms with Crippen molar-refractivity contribution in [1.82, 2.24) is 0 Å². The highest BCUT2D eigenvalue weighted by Gasteiger charge is 2.29. The van der Waals surface area contributed by atoms with Gasteiger partial charge in [-0.3, -0.25) is 4.79 Å². The first-order valence-corrected chi connectivity index (χ1v) is 9.09. The minimum absolute atomic E-state index is 0.124. The summed E-state index contributed by atoms with van der Waals surface area (Å²) in [6, 6.07) is 11.6. The Morgan fingerprint density at radius 3 is 2.76 bits per heavy atom. The monoisotopic (exact) mass is 356 g/mol. The first kappa shape index (κ1) is 16.3. The van der Waals surface area contributed by atoms with Crippen LogP contribution in [0.3, 0.4) is 0 Å². The van der Waals surface area contributed by atoms with Gasteiger partial charge in [0.25, 0.3) is 5.91 Å². The molecular weight excluding hydrogens is 336 g/mol. The number of amides is 1. The molecule has 4 rings (SSSR count). The van der Waals surface area contributed by atoms with Crippen LogP contribution >= 0.6 is 11.6 Å². The van der Waals surface area contributed by atoms with E-state index in [1.807, 2.05) is 24.3 Å². The molecule has 1 saturated heterocycles. The number of hydrogen-bond donors (Lipinski definition) is 1. The topological polar surface area (TPSA) is 41.6 Å². The van der Waals surface area contributed by atoms with Crippen molar-refractivity contribution in [3.63, 3.8) is 0 Å². The smallest absolute Gasteiger partial charge is 0.265 e. The Hall–Kier alpha value is -2.20. The number of carbonyl (C=O) groups is 1. The average Bonchev–Trinajstić information content (AvgIpc) is 3.23. The van der Waals surface area contributed by atoms with E-state index in [-0.39, 0.29) is 5.91 Å². The van der Waals surface area contributed by atoms with E-state index in [2.05, 4.69) is 23.2 Å². The Kier molecular flexibility index (Phi) is 4.30. The highest BCUT2D eigenvalue weighted by atomic mass is 35.5. The molecule has 25 heavy (non-hydrogen) atoms. The third-order valence-corrected chi connectivity index (χ3v) is 5.14. The highest BCUT2D eigenvalue weighted by Crippen LogP contribution is 2.32. The minimum atomic E-state index is -0.507. The van der Waals surface area contributed by atoms with Gasteiger partial charge in [-0.15, -0.1) is 0 Å². The average molecular weight is 357 g/mol. The molecule has 0 bridgehead atoms. The van der Waals surface area contributed by atoms with Crippen LogP contribution in [0.4, 0.5) is 11.4 Å². The van der Waals surface area contributed by atoms with Crippen molar-refractivity contribution in [3.05, 3.63) is 52.5 Å². The summed E-state index contributed by atoms with van der Waals surface area (Å²) < 4.78 is 5.75. The van der Waals surface area contributed by atoms with Crippen LogP contribution in [-0.2, 0) is 11.2 Å². The van der Waals surface area contributed by atoms with E-state index in [0.29, 0.717) is 11.4 Å². The zero-order chi connectivity index (χ0) is 17.4. The van der Waals surface area contributed by atoms with Gasteiger partial charge in [0.05, 0.1) is 0 Å². The molecular formula is C20H21ClN2O2. The molecule has 4 nitrogen and oxygen atoms in total. The maximum absolute atomic E-state index is 12.5. The van der Waals surface area contributed by atoms with Gasteiger partial charge < -0.3 is 15.0 Å². The van der Waals surface area contributed by atoms with Crippen molar-refractivity contribution in [2.24, 2.45) is 0 Å². The van der Waals surface area contributed by atoms with Crippen LogP contribution in [0.5, 0.6) is 5.75 Å². The Morgan fingerprint density at radius 1 is 1.20 bits per heavy atom. The summed E-state index contributed by atoms with van der Waals surface area (Å²) in [6.45, 7) is 4.32. The third kappa shape index (κ3) is 3.31. The summed E-state index contributed by atoms with van der Waals surface area (Å²) in [4.78, 5) is 14.9. The van der Waals surface area contributed by atoms with Gasteiger partial charge in [0.15, 0.2) is 6.10 Å². The third-order valence-electron chi connectivity index (χ3n) is 4.90. The normalized spacial score (nSPS) is 18.8. The lowest BCUT2D eigenvalue weighted by molar-refractivity contribution is -0.122. The standard InChI is InChI=1S/C20H21ClN2O2/c1-13-10-16(5-6-17(13)23-8-2-3-9-23)22-20(24)19-12-14-11-15(21)4-7-18(14)25-19/h4-7,10-11,19H,2-3,8-9,12H2,1H3,(H,22,24). The van der Waals surface area contributed by atoms with Gasteiger partial charge in [-0.2, -0.15) is 0 Å². The van der Waals surface area contributed by atoms with Crippen molar-refractivity contribution in [1.29, 1.82) is 0 Å². The molecule has 2 aliphatic rings. The van der Waals surface area contributed by atoms with Crippen molar-refractivity contribution >= 4 is 28.9 Å². The molecule has 1 N–H and O–H groups in total. The number of ether oxygens (including phenoxy) is 1. The number of carbonyl (C=O) groups excluding carboxylic acids is 1. The summed E-state index contributed by atoms with van der Waals surface area (Å²) in [6.07, 6.45) is 2.54. The molecule has 130 valence electrons. The van der Waals surface area contributed by atoms with Gasteiger partial charge >= 0.3 is 0 Å². The number of rotatable bonds is 3. The second kappa shape index (κ2) is 6.60. The number of nitrogens with zero attached hydrogens (tertiary/aromatic N) is 1. The Labute approximate surface area is 152 Å². The molecule has 2 aromatic rings. The lowest BCUT2D eigenvalue weighted by atomic mass is 10.1. The second-order valence-electron chi connectivity index (χ2n) is 6.75. The van der Waals surface area contributed by atoms with Crippen molar-refractivity contribution in [2.45, 2.75) is 32.3 Å². The Balaban J connectivity index is 1.44. The molecule has 0 spiro atoms. The van der Waals surface area contributed by atoms with E-state index < -0.39 is 6.10 Å². The first-order chi connectivity index (χ1) is 12.1. The number of hydrogen-bond acceptors (Lipinski definition) is 3. The number of fused-ring (bicyclic) bond motifs is 1. The van der Waals surface area contributed by atoms with Crippen molar-refractivity contribution < 1.29 is 9.53 Å². The minimum Gasteiger partial charge on any atom is -0.480 e. The van der Waals surface area contributed by atoms with Crippen LogP contribution in [0.2, 0.25) is 5.02 Å². The molecule has 0 saturated carbocycles. The second-order valence-corrected chi connectivity index (χ2v) is 7.18. The zero-order valence-electron chi connectivity index (χ0n) is 14.2. The van der Waals surface area contributed by atoms with Crippen molar-refractivity contribution in [2.75, 3.05) is 23.3 Å². The Morgan fingerprint density at radius 2 is 2.00 bits per heavy atom. The SMILES string of the molecule is Cc1cc(NC(=O)C2Cc3cc(Cl)ccc3O2)ccc1N1CCCC1. The van der Waals surface area contributed by atoms with E-state index in [0.717, 1.165) is 30.1 Å². The number of nitrogens with one attached hydrogen (secondary N) is 1. The quantitative estimate of drug-likeness (QED) is 0.896. The molecule has 0 radical (unpaired) electrons. The fourth-order valence-electron chi connectivity index (χ4n) is 3.63. The van der Waals surface area contributed by atoms with Gasteiger partial charge in [0.1, 0.15) is 5.75 Å². The lowest BCUT2D eigenvalue weighted by Crippen LogP contribution is -2.31. The number of benzene rings is 2. The summed E-state index contributed by atoms with van der Waals surface area (Å²) in [5.74, 6) is 0.616. The molecule has 5 heteroatoms. The number of anilines is 2. The van der Waals surface area contributed by atoms with Crippen LogP contribution in [-0.4, -0.2) is 25.1 Å². The molecule has 1 atom stereocenters. The van der Waals surface area contributed by atoms with Crippen molar-refractivity contribution in [3.8, 4) is 5.75 Å². The number of aryl methyl sites for hydroxylation is 1. The fourth-order valence-corrected chi connectivity index (χ4v) is 3.83. The molecule has 0 aliphatic carbocycles. The van der Waals surface area contributed by atoms with Gasteiger partial charge in [-0.25, -0.2) is 0 Å². The molecule has 0 aromatic heterocycles. The summed E-state index contributed by atoms with van der Waals surface area (Å²) >= 11 is 6.01. The molecule has 2 heterocycles. The molecule has 2 aromatic carbocycles. The molecule has 1 fully saturated rings. The van der Waals surface area contributed by atoms with Gasteiger partial charge in [-0.1, -0.05) is 11.6 Å². The molecule has 1 amide bonds. The fraction of sp³-hybridized carbons (Fsp3) is 0.350. The van der Waals surface area contributed by atoms with Gasteiger partial charge in [0, 0.05) is 35.9 Å². The van der Waals surface area contributed by atoms with E-state index >= 15 is 0 Å². The van der Waals surface area contributed by atoms with E-state index in [4.69, 9.17) is 16.3 Å². The lowest BCUT2D eigenvalue weighted by Gasteiger charge is -2.21. The predicted molar refractivity (Wildman–Crippen MR) is 101 cm³/mol. The van der Waals surface area contributed by atoms with Gasteiger partial charge in [-0.05, 0) is 67.3 Å². The van der Waals surface area contributed by atoms with Crippen LogP contribution in [0.1, 0.15) is 24.0 Å². The van der Waals surface area contributed by atoms with Gasteiger partial charge in [0.2, 0.25) is 0 Å². The van der Waals surface area contributed by atoms with E-state index in [9.17, 15) is 4.79 Å².